The zero-order valence-electron chi connectivity index (χ0n) is 28.8. The number of carbonyl (C=O) groups excluding carboxylic acids is 4. The minimum atomic E-state index is -1.31. The molecule has 3 aliphatic heterocycles. The molecule has 2 bridgehead atoms. The van der Waals surface area contributed by atoms with Gasteiger partial charge < -0.3 is 29.7 Å². The van der Waals surface area contributed by atoms with Gasteiger partial charge in [-0.1, -0.05) is 109 Å². The number of likely N-dealkylation sites (tertiary alicyclic amines) is 1. The van der Waals surface area contributed by atoms with Gasteiger partial charge in [0.2, 0.25) is 17.7 Å². The smallest absolute Gasteiger partial charge is 0.306 e. The highest BCUT2D eigenvalue weighted by Gasteiger charge is 2.77. The molecular weight excluding hydrogens is 702 g/mol. The summed E-state index contributed by atoms with van der Waals surface area (Å²) in [5, 5.41) is 13.8. The van der Waals surface area contributed by atoms with E-state index in [0.29, 0.717) is 19.3 Å². The van der Waals surface area contributed by atoms with Crippen LogP contribution in [0.4, 0.5) is 0 Å². The van der Waals surface area contributed by atoms with Crippen molar-refractivity contribution in [2.24, 2.45) is 17.8 Å². The molecule has 3 fully saturated rings. The number of rotatable bonds is 17. The molecule has 268 valence electrons. The molecule has 9 atom stereocenters. The van der Waals surface area contributed by atoms with Gasteiger partial charge in [-0.2, -0.15) is 0 Å². The summed E-state index contributed by atoms with van der Waals surface area (Å²) < 4.78 is 12.3. The van der Waals surface area contributed by atoms with Crippen molar-refractivity contribution in [1.82, 2.24) is 15.1 Å². The lowest BCUT2D eigenvalue weighted by Gasteiger charge is -2.41. The Morgan fingerprint density at radius 3 is 2.44 bits per heavy atom. The number of halogens is 1. The maximum atomic E-state index is 14.9. The minimum Gasteiger partial charge on any atom is -0.463 e. The van der Waals surface area contributed by atoms with E-state index in [9.17, 15) is 24.3 Å². The van der Waals surface area contributed by atoms with Gasteiger partial charge in [-0.25, -0.2) is 0 Å². The van der Waals surface area contributed by atoms with Crippen molar-refractivity contribution in [1.29, 1.82) is 0 Å². The molecule has 3 saturated heterocycles. The van der Waals surface area contributed by atoms with Crippen LogP contribution in [-0.4, -0.2) is 87.0 Å². The molecule has 50 heavy (non-hydrogen) atoms. The summed E-state index contributed by atoms with van der Waals surface area (Å²) in [6.45, 7) is 11.5. The van der Waals surface area contributed by atoms with E-state index in [-0.39, 0.29) is 55.3 Å². The van der Waals surface area contributed by atoms with Crippen LogP contribution < -0.4 is 5.32 Å². The number of hydrogen-bond acceptors (Lipinski definition) is 7. The standard InChI is InChI=1S/C39H48BrN3O7/c1-5-8-19-31(45)49-24-29(27-17-13-10-14-18-27)41-36(46)32-33-37(47)43(30(23-44)25(4)7-3)35(39(33)21-28(40)34(32)50-39)38(48)42(20-6-2)22-26-15-11-9-12-16-26/h5-6,9-18,25,28-30,32-35,44H,1-2,7-8,19-24H2,3-4H3,(H,41,46)/t25-,28?,29-,30-,32-,33+,34-,35-,39+/m0/s1. The summed E-state index contributed by atoms with van der Waals surface area (Å²) in [6.07, 6.45) is 4.23. The second-order valence-corrected chi connectivity index (χ2v) is 14.7. The summed E-state index contributed by atoms with van der Waals surface area (Å²) in [4.78, 5) is 59.4. The predicted molar refractivity (Wildman–Crippen MR) is 193 cm³/mol. The van der Waals surface area contributed by atoms with Gasteiger partial charge in [0.05, 0.1) is 36.6 Å². The monoisotopic (exact) mass is 749 g/mol. The van der Waals surface area contributed by atoms with Crippen LogP contribution in [-0.2, 0) is 35.2 Å². The second-order valence-electron chi connectivity index (χ2n) is 13.5. The van der Waals surface area contributed by atoms with Crippen LogP contribution in [0.3, 0.4) is 0 Å². The van der Waals surface area contributed by atoms with E-state index in [2.05, 4.69) is 34.4 Å². The third kappa shape index (κ3) is 7.31. The number of allylic oxidation sites excluding steroid dienone is 1. The van der Waals surface area contributed by atoms with Gasteiger partial charge in [0.25, 0.3) is 0 Å². The van der Waals surface area contributed by atoms with E-state index < -0.39 is 53.5 Å². The van der Waals surface area contributed by atoms with Crippen molar-refractivity contribution in [2.75, 3.05) is 19.8 Å². The Kier molecular flexibility index (Phi) is 12.3. The van der Waals surface area contributed by atoms with Crippen LogP contribution in [0, 0.1) is 17.8 Å². The van der Waals surface area contributed by atoms with Gasteiger partial charge in [-0.15, -0.1) is 13.2 Å². The van der Waals surface area contributed by atoms with Crippen LogP contribution in [0.25, 0.3) is 0 Å². The second kappa shape index (κ2) is 16.5. The Bertz CT molecular complexity index is 1540. The summed E-state index contributed by atoms with van der Waals surface area (Å²) in [7, 11) is 0. The molecule has 1 unspecified atom stereocenters. The van der Waals surface area contributed by atoms with Crippen molar-refractivity contribution >= 4 is 39.6 Å². The number of carbonyl (C=O) groups is 4. The first-order chi connectivity index (χ1) is 24.1. The van der Waals surface area contributed by atoms with Crippen molar-refractivity contribution in [3.05, 3.63) is 97.1 Å². The quantitative estimate of drug-likeness (QED) is 0.136. The Balaban J connectivity index is 1.51. The van der Waals surface area contributed by atoms with Crippen LogP contribution in [0.15, 0.2) is 86.0 Å². The van der Waals surface area contributed by atoms with Crippen LogP contribution in [0.5, 0.6) is 0 Å². The van der Waals surface area contributed by atoms with Crippen LogP contribution >= 0.6 is 15.9 Å². The number of amides is 3. The topological polar surface area (TPSA) is 125 Å². The van der Waals surface area contributed by atoms with E-state index >= 15 is 0 Å². The molecule has 5 rings (SSSR count). The van der Waals surface area contributed by atoms with Crippen molar-refractivity contribution < 1.29 is 33.8 Å². The highest BCUT2D eigenvalue weighted by Crippen LogP contribution is 2.61. The normalized spacial score (nSPS) is 26.8. The highest BCUT2D eigenvalue weighted by atomic mass is 79.9. The maximum Gasteiger partial charge on any atom is 0.306 e. The molecule has 3 aliphatic rings. The number of aliphatic hydroxyl groups is 1. The molecular formula is C39H48BrN3O7. The number of alkyl halides is 1. The van der Waals surface area contributed by atoms with Crippen molar-refractivity contribution in [3.63, 3.8) is 0 Å². The first-order valence-corrected chi connectivity index (χ1v) is 18.3. The molecule has 11 heteroatoms. The lowest BCUT2D eigenvalue weighted by molar-refractivity contribution is -0.153. The Morgan fingerprint density at radius 1 is 1.14 bits per heavy atom. The van der Waals surface area contributed by atoms with Crippen molar-refractivity contribution in [3.8, 4) is 0 Å². The Morgan fingerprint density at radius 2 is 1.82 bits per heavy atom. The van der Waals surface area contributed by atoms with Gasteiger partial charge in [0, 0.05) is 24.3 Å². The van der Waals surface area contributed by atoms with Crippen LogP contribution in [0.2, 0.25) is 0 Å². The van der Waals surface area contributed by atoms with E-state index in [1.165, 1.54) is 4.90 Å². The number of ether oxygens (including phenoxy) is 2. The molecule has 2 aromatic carbocycles. The molecule has 10 nitrogen and oxygen atoms in total. The Hall–Kier alpha value is -3.80. The molecule has 0 aromatic heterocycles. The molecule has 3 heterocycles. The predicted octanol–water partition coefficient (Wildman–Crippen LogP) is 4.72. The minimum absolute atomic E-state index is 0.102. The number of hydrogen-bond donors (Lipinski definition) is 2. The third-order valence-corrected chi connectivity index (χ3v) is 11.3. The van der Waals surface area contributed by atoms with Gasteiger partial charge in [0.1, 0.15) is 18.2 Å². The number of benzene rings is 2. The molecule has 2 aromatic rings. The number of aliphatic hydroxyl groups excluding tert-OH is 1. The number of nitrogens with zero attached hydrogens (tertiary/aromatic N) is 2. The largest absolute Gasteiger partial charge is 0.463 e. The summed E-state index contributed by atoms with van der Waals surface area (Å²) >= 11 is 3.75. The van der Waals surface area contributed by atoms with Gasteiger partial charge in [-0.05, 0) is 29.9 Å². The highest BCUT2D eigenvalue weighted by molar-refractivity contribution is 9.09. The van der Waals surface area contributed by atoms with Gasteiger partial charge >= 0.3 is 5.97 Å². The molecule has 0 saturated carbocycles. The first kappa shape index (κ1) is 37.5. The zero-order chi connectivity index (χ0) is 36.0. The van der Waals surface area contributed by atoms with Crippen molar-refractivity contribution in [2.45, 2.75) is 80.7 Å². The molecule has 0 aliphatic carbocycles. The zero-order valence-corrected chi connectivity index (χ0v) is 30.4. The maximum absolute atomic E-state index is 14.9. The number of esters is 1. The third-order valence-electron chi connectivity index (χ3n) is 10.5. The lowest BCUT2D eigenvalue weighted by atomic mass is 9.70. The molecule has 2 N–H and O–H groups in total. The fourth-order valence-corrected chi connectivity index (χ4v) is 8.77. The van der Waals surface area contributed by atoms with Crippen LogP contribution in [0.1, 0.15) is 56.7 Å². The number of nitrogens with one attached hydrogen (secondary N) is 1. The number of fused-ring (bicyclic) bond motifs is 1. The molecule has 3 amide bonds. The van der Waals surface area contributed by atoms with E-state index in [1.807, 2.05) is 74.5 Å². The fourth-order valence-electron chi connectivity index (χ4n) is 7.83. The summed E-state index contributed by atoms with van der Waals surface area (Å²) in [6, 6.07) is 16.3. The van der Waals surface area contributed by atoms with Gasteiger partial charge in [0.15, 0.2) is 0 Å². The Labute approximate surface area is 303 Å². The van der Waals surface area contributed by atoms with E-state index in [0.717, 1.165) is 11.1 Å². The SMILES string of the molecule is C=CCCC(=O)OC[C@H](NC(=O)[C@@H]1[C@H]2O[C@@]3(CC2Br)[C@H](C(=O)N(CC=C)Cc2ccccc2)N([C@@H](CO)[C@@H](C)CC)C(=O)[C@@H]13)c1ccccc1. The summed E-state index contributed by atoms with van der Waals surface area (Å²) in [5.41, 5.74) is 0.334. The van der Waals surface area contributed by atoms with E-state index in [1.54, 1.807) is 17.1 Å². The fraction of sp³-hybridized carbons (Fsp3) is 0.487. The average molecular weight is 751 g/mol. The van der Waals surface area contributed by atoms with E-state index in [4.69, 9.17) is 9.47 Å². The molecule has 0 radical (unpaired) electrons. The average Bonchev–Trinajstić information content (AvgIpc) is 3.72. The summed E-state index contributed by atoms with van der Waals surface area (Å²) in [5.74, 6) is -3.59. The first-order valence-electron chi connectivity index (χ1n) is 17.4. The molecule has 1 spiro atoms. The lowest BCUT2D eigenvalue weighted by Crippen LogP contribution is -2.59. The van der Waals surface area contributed by atoms with Gasteiger partial charge in [-0.3, -0.25) is 19.2 Å².